The maximum atomic E-state index is 11.9. The van der Waals surface area contributed by atoms with Gasteiger partial charge < -0.3 is 9.47 Å². The van der Waals surface area contributed by atoms with Gasteiger partial charge in [0.1, 0.15) is 5.01 Å². The molecule has 132 valence electrons. The van der Waals surface area contributed by atoms with E-state index in [-0.39, 0.29) is 6.42 Å². The van der Waals surface area contributed by atoms with Crippen LogP contribution >= 0.6 is 11.3 Å². The lowest BCUT2D eigenvalue weighted by Crippen LogP contribution is -2.39. The monoisotopic (exact) mass is 362 g/mol. The molecule has 1 aromatic carbocycles. The van der Waals surface area contributed by atoms with Crippen LogP contribution in [0.25, 0.3) is 10.6 Å². The minimum Gasteiger partial charge on any atom is -0.453 e. The number of aromatic nitrogens is 1. The van der Waals surface area contributed by atoms with Crippen LogP contribution in [0.15, 0.2) is 29.6 Å². The molecule has 1 aromatic heterocycles. The Kier molecular flexibility index (Phi) is 6.24. The van der Waals surface area contributed by atoms with E-state index >= 15 is 0 Å². The number of benzene rings is 1. The van der Waals surface area contributed by atoms with E-state index in [0.29, 0.717) is 5.69 Å². The fourth-order valence-corrected chi connectivity index (χ4v) is 2.81. The molecule has 8 heteroatoms. The molecule has 1 atom stereocenters. The largest absolute Gasteiger partial charge is 0.453 e. The number of alkyl carbamates (subject to hydrolysis) is 1. The summed E-state index contributed by atoms with van der Waals surface area (Å²) in [6.45, 7) is 3.37. The zero-order valence-electron chi connectivity index (χ0n) is 14.1. The molecule has 0 spiro atoms. The zero-order chi connectivity index (χ0) is 18.4. The molecule has 1 N–H and O–H groups in total. The topological polar surface area (TPSA) is 94.6 Å². The first kappa shape index (κ1) is 18.6. The van der Waals surface area contributed by atoms with Crippen molar-refractivity contribution in [1.29, 1.82) is 0 Å². The summed E-state index contributed by atoms with van der Waals surface area (Å²) < 4.78 is 9.31. The van der Waals surface area contributed by atoms with Crippen molar-refractivity contribution >= 4 is 29.3 Å². The van der Waals surface area contributed by atoms with Crippen molar-refractivity contribution in [3.63, 3.8) is 0 Å². The number of esters is 1. The lowest BCUT2D eigenvalue weighted by molar-refractivity contribution is -0.154. The van der Waals surface area contributed by atoms with E-state index in [0.717, 1.165) is 23.2 Å². The second-order valence-corrected chi connectivity index (χ2v) is 6.16. The molecule has 0 aliphatic rings. The molecule has 2 rings (SSSR count). The minimum atomic E-state index is -1.11. The number of ether oxygens (including phenoxy) is 2. The number of imide groups is 1. The number of nitrogens with zero attached hydrogens (tertiary/aromatic N) is 1. The molecule has 2 aromatic rings. The lowest BCUT2D eigenvalue weighted by Gasteiger charge is -2.11. The number of amides is 2. The van der Waals surface area contributed by atoms with Crippen molar-refractivity contribution < 1.29 is 23.9 Å². The molecule has 0 saturated heterocycles. The first-order valence-electron chi connectivity index (χ1n) is 7.48. The fraction of sp³-hybridized carbons (Fsp3) is 0.294. The van der Waals surface area contributed by atoms with Crippen molar-refractivity contribution in [2.75, 3.05) is 7.11 Å². The van der Waals surface area contributed by atoms with Crippen LogP contribution in [0.1, 0.15) is 18.2 Å². The summed E-state index contributed by atoms with van der Waals surface area (Å²) in [4.78, 5) is 38.9. The van der Waals surface area contributed by atoms with Gasteiger partial charge in [0, 0.05) is 10.9 Å². The lowest BCUT2D eigenvalue weighted by atomic mass is 10.1. The highest BCUT2D eigenvalue weighted by molar-refractivity contribution is 7.13. The van der Waals surface area contributed by atoms with Crippen molar-refractivity contribution in [3.8, 4) is 10.6 Å². The molecule has 25 heavy (non-hydrogen) atoms. The van der Waals surface area contributed by atoms with Crippen LogP contribution in [0.2, 0.25) is 0 Å². The third kappa shape index (κ3) is 5.39. The summed E-state index contributed by atoms with van der Waals surface area (Å²) >= 11 is 1.43. The fourth-order valence-electron chi connectivity index (χ4n) is 1.99. The van der Waals surface area contributed by atoms with Gasteiger partial charge in [0.2, 0.25) is 0 Å². The van der Waals surface area contributed by atoms with Crippen LogP contribution in [0.3, 0.4) is 0 Å². The van der Waals surface area contributed by atoms with E-state index in [2.05, 4.69) is 9.72 Å². The molecular formula is C17H18N2O5S. The van der Waals surface area contributed by atoms with Crippen LogP contribution in [0.4, 0.5) is 4.79 Å². The average molecular weight is 362 g/mol. The molecule has 0 unspecified atom stereocenters. The maximum Gasteiger partial charge on any atom is 0.413 e. The van der Waals surface area contributed by atoms with Crippen LogP contribution in [0.5, 0.6) is 0 Å². The van der Waals surface area contributed by atoms with Crippen LogP contribution in [0, 0.1) is 6.92 Å². The molecule has 0 bridgehead atoms. The second kappa shape index (κ2) is 8.39. The summed E-state index contributed by atoms with van der Waals surface area (Å²) in [5, 5.41) is 4.52. The van der Waals surface area contributed by atoms with Crippen molar-refractivity contribution in [1.82, 2.24) is 10.3 Å². The Bertz CT molecular complexity index is 787. The second-order valence-electron chi connectivity index (χ2n) is 5.30. The van der Waals surface area contributed by atoms with Crippen molar-refractivity contribution in [3.05, 3.63) is 40.9 Å². The Labute approximate surface area is 149 Å². The van der Waals surface area contributed by atoms with E-state index in [1.165, 1.54) is 18.3 Å². The Morgan fingerprint density at radius 1 is 1.32 bits per heavy atom. The van der Waals surface area contributed by atoms with Crippen LogP contribution in [-0.4, -0.2) is 36.2 Å². The number of methoxy groups -OCH3 is 1. The normalized spacial score (nSPS) is 11.5. The van der Waals surface area contributed by atoms with Gasteiger partial charge in [-0.05, 0) is 19.9 Å². The third-order valence-corrected chi connectivity index (χ3v) is 4.17. The molecule has 0 fully saturated rings. The average Bonchev–Trinajstić information content (AvgIpc) is 3.02. The molecule has 0 aliphatic heterocycles. The van der Waals surface area contributed by atoms with Gasteiger partial charge in [-0.3, -0.25) is 14.9 Å². The number of carbonyl (C=O) groups excluding carboxylic acids is 3. The highest BCUT2D eigenvalue weighted by atomic mass is 32.1. The number of aryl methyl sites for hydroxylation is 1. The Morgan fingerprint density at radius 3 is 2.76 bits per heavy atom. The summed E-state index contributed by atoms with van der Waals surface area (Å²) in [5.74, 6) is -1.35. The Morgan fingerprint density at radius 2 is 2.08 bits per heavy atom. The first-order chi connectivity index (χ1) is 11.9. The van der Waals surface area contributed by atoms with Crippen molar-refractivity contribution in [2.24, 2.45) is 0 Å². The summed E-state index contributed by atoms with van der Waals surface area (Å²) in [5.41, 5.74) is 2.67. The van der Waals surface area contributed by atoms with Crippen molar-refractivity contribution in [2.45, 2.75) is 26.4 Å². The molecular weight excluding hydrogens is 344 g/mol. The molecule has 0 aliphatic carbocycles. The van der Waals surface area contributed by atoms with Gasteiger partial charge >= 0.3 is 12.1 Å². The number of nitrogens with one attached hydrogen (secondary N) is 1. The van der Waals surface area contributed by atoms with Gasteiger partial charge in [0.05, 0.1) is 19.2 Å². The summed E-state index contributed by atoms with van der Waals surface area (Å²) in [7, 11) is 1.13. The zero-order valence-corrected chi connectivity index (χ0v) is 14.9. The van der Waals surface area contributed by atoms with Gasteiger partial charge in [-0.15, -0.1) is 11.3 Å². The Hall–Kier alpha value is -2.74. The summed E-state index contributed by atoms with van der Waals surface area (Å²) in [6, 6.07) is 7.91. The minimum absolute atomic E-state index is 0.0574. The SMILES string of the molecule is COC(=O)NC(=O)[C@@H](C)OC(=O)Cc1csc(-c2cccc(C)c2)n1. The number of hydrogen-bond donors (Lipinski definition) is 1. The van der Waals surface area contributed by atoms with E-state index in [1.807, 2.05) is 36.5 Å². The highest BCUT2D eigenvalue weighted by Gasteiger charge is 2.21. The molecule has 2 amide bonds. The number of thiazole rings is 1. The van der Waals surface area contributed by atoms with Gasteiger partial charge in [0.25, 0.3) is 5.91 Å². The molecule has 7 nitrogen and oxygen atoms in total. The van der Waals surface area contributed by atoms with E-state index < -0.39 is 24.1 Å². The van der Waals surface area contributed by atoms with Gasteiger partial charge in [-0.1, -0.05) is 23.8 Å². The molecule has 1 heterocycles. The van der Waals surface area contributed by atoms with E-state index in [1.54, 1.807) is 5.38 Å². The number of carbonyl (C=O) groups is 3. The van der Waals surface area contributed by atoms with E-state index in [4.69, 9.17) is 4.74 Å². The van der Waals surface area contributed by atoms with Crippen LogP contribution in [-0.2, 0) is 25.5 Å². The van der Waals surface area contributed by atoms with Gasteiger partial charge in [-0.25, -0.2) is 9.78 Å². The number of hydrogen-bond acceptors (Lipinski definition) is 7. The third-order valence-electron chi connectivity index (χ3n) is 3.23. The smallest absolute Gasteiger partial charge is 0.413 e. The van der Waals surface area contributed by atoms with Gasteiger partial charge in [0.15, 0.2) is 6.10 Å². The molecule has 0 radical (unpaired) electrons. The van der Waals surface area contributed by atoms with Gasteiger partial charge in [-0.2, -0.15) is 0 Å². The van der Waals surface area contributed by atoms with Crippen LogP contribution < -0.4 is 5.32 Å². The number of rotatable bonds is 5. The predicted molar refractivity (Wildman–Crippen MR) is 92.1 cm³/mol. The summed E-state index contributed by atoms with van der Waals surface area (Å²) in [6.07, 6.45) is -2.07. The van der Waals surface area contributed by atoms with E-state index in [9.17, 15) is 14.4 Å². The first-order valence-corrected chi connectivity index (χ1v) is 8.36. The quantitative estimate of drug-likeness (QED) is 0.821. The molecule has 0 saturated carbocycles. The maximum absolute atomic E-state index is 11.9. The highest BCUT2D eigenvalue weighted by Crippen LogP contribution is 2.24. The standard InChI is InChI=1S/C17H18N2O5S/c1-10-5-4-6-12(7-10)16-18-13(9-25-16)8-14(20)24-11(2)15(21)19-17(22)23-3/h4-7,9,11H,8H2,1-3H3,(H,19,21,22)/t11-/m1/s1. The predicted octanol–water partition coefficient (Wildman–Crippen LogP) is 2.48. The Balaban J connectivity index is 1.93.